The van der Waals surface area contributed by atoms with Gasteiger partial charge in [0.15, 0.2) is 9.84 Å². The molecule has 7 heteroatoms. The lowest BCUT2D eigenvalue weighted by atomic mass is 10.3. The van der Waals surface area contributed by atoms with Gasteiger partial charge in [-0.1, -0.05) is 6.92 Å². The van der Waals surface area contributed by atoms with Crippen LogP contribution in [0.4, 0.5) is 5.69 Å². The van der Waals surface area contributed by atoms with Gasteiger partial charge in [0.2, 0.25) is 5.91 Å². The van der Waals surface area contributed by atoms with Gasteiger partial charge in [0, 0.05) is 12.6 Å². The van der Waals surface area contributed by atoms with E-state index >= 15 is 0 Å². The number of hydrogen-bond acceptors (Lipinski definition) is 5. The molecule has 0 saturated carbocycles. The molecule has 0 unspecified atom stereocenters. The highest BCUT2D eigenvalue weighted by Crippen LogP contribution is 2.25. The van der Waals surface area contributed by atoms with Crippen LogP contribution in [0.25, 0.3) is 0 Å². The fraction of sp³-hybridized carbons (Fsp3) is 0.462. The number of amides is 1. The first-order valence-corrected chi connectivity index (χ1v) is 8.07. The number of carbonyl (C=O) groups excluding carboxylic acids is 1. The third-order valence-corrected chi connectivity index (χ3v) is 4.19. The number of nitrogen functional groups attached to an aromatic ring is 1. The zero-order valence-electron chi connectivity index (χ0n) is 11.7. The Hall–Kier alpha value is -1.76. The van der Waals surface area contributed by atoms with E-state index in [0.29, 0.717) is 18.9 Å². The van der Waals surface area contributed by atoms with Gasteiger partial charge in [0.1, 0.15) is 11.5 Å². The van der Waals surface area contributed by atoms with Crippen LogP contribution < -0.4 is 15.8 Å². The smallest absolute Gasteiger partial charge is 0.235 e. The molecule has 0 fully saturated rings. The second-order valence-corrected chi connectivity index (χ2v) is 6.20. The van der Waals surface area contributed by atoms with E-state index in [1.807, 2.05) is 6.92 Å². The van der Waals surface area contributed by atoms with Crippen LogP contribution in [0.15, 0.2) is 23.1 Å². The number of nitrogens with one attached hydrogen (secondary N) is 1. The van der Waals surface area contributed by atoms with Crippen LogP contribution in [-0.4, -0.2) is 33.2 Å². The molecule has 0 atom stereocenters. The predicted octanol–water partition coefficient (Wildman–Crippen LogP) is 0.967. The number of sulfone groups is 1. The molecule has 1 aromatic carbocycles. The van der Waals surface area contributed by atoms with Crippen molar-refractivity contribution in [1.82, 2.24) is 5.32 Å². The molecular formula is C13H20N2O4S. The number of ether oxygens (including phenoxy) is 1. The Morgan fingerprint density at radius 2 is 2.05 bits per heavy atom. The number of carbonyl (C=O) groups is 1. The standard InChI is InChI=1S/C13H20N2O4S/c1-3-7-15-13(16)9-20(17,18)12-8-10(19-4-2)5-6-11(12)14/h5-6,8H,3-4,7,9,14H2,1-2H3,(H,15,16). The summed E-state index contributed by atoms with van der Waals surface area (Å²) in [7, 11) is -3.78. The van der Waals surface area contributed by atoms with E-state index in [4.69, 9.17) is 10.5 Å². The van der Waals surface area contributed by atoms with E-state index in [9.17, 15) is 13.2 Å². The van der Waals surface area contributed by atoms with E-state index in [1.165, 1.54) is 12.1 Å². The highest BCUT2D eigenvalue weighted by atomic mass is 32.2. The number of benzene rings is 1. The molecule has 0 aliphatic heterocycles. The monoisotopic (exact) mass is 300 g/mol. The van der Waals surface area contributed by atoms with Gasteiger partial charge in [-0.25, -0.2) is 8.42 Å². The first-order chi connectivity index (χ1) is 9.40. The number of anilines is 1. The molecule has 0 bridgehead atoms. The van der Waals surface area contributed by atoms with Crippen LogP contribution in [0.1, 0.15) is 20.3 Å². The topological polar surface area (TPSA) is 98.5 Å². The maximum Gasteiger partial charge on any atom is 0.235 e. The molecular weight excluding hydrogens is 280 g/mol. The van der Waals surface area contributed by atoms with Gasteiger partial charge in [0.05, 0.1) is 17.2 Å². The van der Waals surface area contributed by atoms with Crippen molar-refractivity contribution in [1.29, 1.82) is 0 Å². The molecule has 0 heterocycles. The third kappa shape index (κ3) is 4.41. The van der Waals surface area contributed by atoms with E-state index in [2.05, 4.69) is 5.32 Å². The second-order valence-electron chi connectivity index (χ2n) is 4.24. The Bertz CT molecular complexity index is 570. The SMILES string of the molecule is CCCNC(=O)CS(=O)(=O)c1cc(OCC)ccc1N. The molecule has 0 aliphatic carbocycles. The Balaban J connectivity index is 2.96. The van der Waals surface area contributed by atoms with E-state index in [0.717, 1.165) is 6.42 Å². The van der Waals surface area contributed by atoms with E-state index in [-0.39, 0.29) is 10.6 Å². The minimum Gasteiger partial charge on any atom is -0.494 e. The Labute approximate surface area is 119 Å². The third-order valence-electron chi connectivity index (χ3n) is 2.52. The van der Waals surface area contributed by atoms with Crippen molar-refractivity contribution in [3.8, 4) is 5.75 Å². The fourth-order valence-corrected chi connectivity index (χ4v) is 2.93. The summed E-state index contributed by atoms with van der Waals surface area (Å²) in [6, 6.07) is 4.40. The molecule has 0 aliphatic rings. The molecule has 3 N–H and O–H groups in total. The summed E-state index contributed by atoms with van der Waals surface area (Å²) < 4.78 is 29.6. The largest absolute Gasteiger partial charge is 0.494 e. The summed E-state index contributed by atoms with van der Waals surface area (Å²) in [6.07, 6.45) is 0.744. The predicted molar refractivity (Wildman–Crippen MR) is 77.4 cm³/mol. The maximum absolute atomic E-state index is 12.2. The van der Waals surface area contributed by atoms with Crippen molar-refractivity contribution >= 4 is 21.4 Å². The number of hydrogen-bond donors (Lipinski definition) is 2. The van der Waals surface area contributed by atoms with Crippen molar-refractivity contribution in [2.45, 2.75) is 25.2 Å². The molecule has 20 heavy (non-hydrogen) atoms. The van der Waals surface area contributed by atoms with Crippen LogP contribution in [0.2, 0.25) is 0 Å². The second kappa shape index (κ2) is 7.14. The van der Waals surface area contributed by atoms with Crippen LogP contribution >= 0.6 is 0 Å². The normalized spacial score (nSPS) is 11.1. The van der Waals surface area contributed by atoms with E-state index < -0.39 is 21.5 Å². The van der Waals surface area contributed by atoms with Gasteiger partial charge in [-0.3, -0.25) is 4.79 Å². The molecule has 6 nitrogen and oxygen atoms in total. The lowest BCUT2D eigenvalue weighted by Gasteiger charge is -2.10. The summed E-state index contributed by atoms with van der Waals surface area (Å²) in [5.74, 6) is -0.741. The highest BCUT2D eigenvalue weighted by molar-refractivity contribution is 7.92. The van der Waals surface area contributed by atoms with Gasteiger partial charge < -0.3 is 15.8 Å². The molecule has 0 spiro atoms. The molecule has 0 radical (unpaired) electrons. The van der Waals surface area contributed by atoms with Gasteiger partial charge in [-0.15, -0.1) is 0 Å². The molecule has 0 saturated heterocycles. The van der Waals surface area contributed by atoms with Gasteiger partial charge in [-0.2, -0.15) is 0 Å². The number of nitrogens with two attached hydrogens (primary N) is 1. The lowest BCUT2D eigenvalue weighted by molar-refractivity contribution is -0.118. The fourth-order valence-electron chi connectivity index (χ4n) is 1.61. The van der Waals surface area contributed by atoms with Gasteiger partial charge in [-0.05, 0) is 25.5 Å². The maximum atomic E-state index is 12.2. The summed E-state index contributed by atoms with van der Waals surface area (Å²) >= 11 is 0. The minimum atomic E-state index is -3.78. The molecule has 1 rings (SSSR count). The van der Waals surface area contributed by atoms with Crippen molar-refractivity contribution in [2.24, 2.45) is 0 Å². The Morgan fingerprint density at radius 1 is 1.35 bits per heavy atom. The number of rotatable bonds is 7. The first kappa shape index (κ1) is 16.3. The molecule has 0 aromatic heterocycles. The summed E-state index contributed by atoms with van der Waals surface area (Å²) in [4.78, 5) is 11.5. The van der Waals surface area contributed by atoms with Gasteiger partial charge >= 0.3 is 0 Å². The Morgan fingerprint density at radius 3 is 2.65 bits per heavy atom. The lowest BCUT2D eigenvalue weighted by Crippen LogP contribution is -2.31. The molecule has 1 aromatic rings. The Kier molecular flexibility index (Phi) is 5.82. The van der Waals surface area contributed by atoms with Crippen LogP contribution in [-0.2, 0) is 14.6 Å². The zero-order valence-corrected chi connectivity index (χ0v) is 12.5. The average molecular weight is 300 g/mol. The highest BCUT2D eigenvalue weighted by Gasteiger charge is 2.22. The minimum absolute atomic E-state index is 0.0740. The van der Waals surface area contributed by atoms with Crippen molar-refractivity contribution in [2.75, 3.05) is 24.6 Å². The molecule has 112 valence electrons. The summed E-state index contributed by atoms with van der Waals surface area (Å²) in [6.45, 7) is 4.55. The average Bonchev–Trinajstić information content (AvgIpc) is 2.38. The quantitative estimate of drug-likeness (QED) is 0.731. The van der Waals surface area contributed by atoms with Crippen molar-refractivity contribution in [3.63, 3.8) is 0 Å². The van der Waals surface area contributed by atoms with Gasteiger partial charge in [0.25, 0.3) is 0 Å². The summed E-state index contributed by atoms with van der Waals surface area (Å²) in [5.41, 5.74) is 5.79. The summed E-state index contributed by atoms with van der Waals surface area (Å²) in [5, 5.41) is 2.53. The van der Waals surface area contributed by atoms with Crippen LogP contribution in [0.3, 0.4) is 0 Å². The first-order valence-electron chi connectivity index (χ1n) is 6.42. The molecule has 1 amide bonds. The van der Waals surface area contributed by atoms with Crippen molar-refractivity contribution in [3.05, 3.63) is 18.2 Å². The van der Waals surface area contributed by atoms with Crippen molar-refractivity contribution < 1.29 is 17.9 Å². The van der Waals surface area contributed by atoms with E-state index in [1.54, 1.807) is 13.0 Å². The van der Waals surface area contributed by atoms with Crippen LogP contribution in [0, 0.1) is 0 Å². The zero-order chi connectivity index (χ0) is 15.2. The van der Waals surface area contributed by atoms with Crippen LogP contribution in [0.5, 0.6) is 5.75 Å².